The normalized spacial score (nSPS) is 23.8. The maximum absolute atomic E-state index is 12.8. The fourth-order valence-corrected chi connectivity index (χ4v) is 2.53. The maximum Gasteiger partial charge on any atom is 0.453 e. The second kappa shape index (κ2) is 4.32. The first kappa shape index (κ1) is 13.1. The highest BCUT2D eigenvalue weighted by atomic mass is 19.4. The Labute approximate surface area is 113 Å². The Bertz CT molecular complexity index is 636. The summed E-state index contributed by atoms with van der Waals surface area (Å²) in [6, 6.07) is 3.46. The van der Waals surface area contributed by atoms with Gasteiger partial charge in [-0.25, -0.2) is 0 Å². The zero-order valence-corrected chi connectivity index (χ0v) is 11.1. The smallest absolute Gasteiger partial charge is 0.352 e. The van der Waals surface area contributed by atoms with Gasteiger partial charge < -0.3 is 4.90 Å². The largest absolute Gasteiger partial charge is 0.453 e. The second-order valence-electron chi connectivity index (χ2n) is 5.18. The standard InChI is InChI=1S/C12H14F3N5/c1-7-5-6-19(8(7)2)10-4-3-9-16-17-11(12(13,14)15)20(9)18-10/h3-4,7-8H,5-6H2,1-2H3. The molecule has 3 rings (SSSR count). The Kier molecular flexibility index (Phi) is 2.84. The highest BCUT2D eigenvalue weighted by Gasteiger charge is 2.38. The van der Waals surface area contributed by atoms with E-state index in [1.807, 2.05) is 4.90 Å². The Morgan fingerprint density at radius 2 is 1.95 bits per heavy atom. The van der Waals surface area contributed by atoms with Gasteiger partial charge in [-0.2, -0.15) is 17.7 Å². The van der Waals surface area contributed by atoms with Gasteiger partial charge in [0.15, 0.2) is 5.65 Å². The second-order valence-corrected chi connectivity index (χ2v) is 5.18. The molecule has 0 amide bonds. The van der Waals surface area contributed by atoms with Crippen molar-refractivity contribution in [3.05, 3.63) is 18.0 Å². The van der Waals surface area contributed by atoms with Crippen LogP contribution in [0.15, 0.2) is 12.1 Å². The van der Waals surface area contributed by atoms with Crippen LogP contribution in [0.5, 0.6) is 0 Å². The molecule has 0 aliphatic carbocycles. The van der Waals surface area contributed by atoms with Crippen LogP contribution in [0.2, 0.25) is 0 Å². The van der Waals surface area contributed by atoms with Crippen LogP contribution < -0.4 is 4.90 Å². The average molecular weight is 285 g/mol. The monoisotopic (exact) mass is 285 g/mol. The summed E-state index contributed by atoms with van der Waals surface area (Å²) in [5, 5.41) is 10.7. The highest BCUT2D eigenvalue weighted by Crippen LogP contribution is 2.30. The number of halogens is 3. The predicted molar refractivity (Wildman–Crippen MR) is 66.4 cm³/mol. The summed E-state index contributed by atoms with van der Waals surface area (Å²) in [4.78, 5) is 2.02. The fraction of sp³-hybridized carbons (Fsp3) is 0.583. The summed E-state index contributed by atoms with van der Waals surface area (Å²) in [6.45, 7) is 4.98. The van der Waals surface area contributed by atoms with Crippen molar-refractivity contribution < 1.29 is 13.2 Å². The molecule has 0 aromatic carbocycles. The SMILES string of the molecule is CC1CCN(c2ccc3nnc(C(F)(F)F)n3n2)C1C. The Balaban J connectivity index is 2.06. The lowest BCUT2D eigenvalue weighted by Gasteiger charge is -2.24. The number of anilines is 1. The molecule has 0 saturated carbocycles. The van der Waals surface area contributed by atoms with Gasteiger partial charge in [-0.05, 0) is 31.4 Å². The van der Waals surface area contributed by atoms with Crippen molar-refractivity contribution in [3.8, 4) is 0 Å². The van der Waals surface area contributed by atoms with Crippen molar-refractivity contribution in [2.75, 3.05) is 11.4 Å². The minimum atomic E-state index is -4.56. The van der Waals surface area contributed by atoms with Crippen LogP contribution in [0.3, 0.4) is 0 Å². The molecule has 2 aromatic heterocycles. The topological polar surface area (TPSA) is 46.3 Å². The van der Waals surface area contributed by atoms with E-state index in [0.29, 0.717) is 11.7 Å². The Hall–Kier alpha value is -1.86. The molecule has 2 atom stereocenters. The van der Waals surface area contributed by atoms with Gasteiger partial charge in [-0.3, -0.25) is 0 Å². The summed E-state index contributed by atoms with van der Waals surface area (Å²) in [5.41, 5.74) is 0.0981. The van der Waals surface area contributed by atoms with Crippen molar-refractivity contribution in [3.63, 3.8) is 0 Å². The van der Waals surface area contributed by atoms with E-state index in [-0.39, 0.29) is 11.7 Å². The summed E-state index contributed by atoms with van der Waals surface area (Å²) in [5.74, 6) is -0.0654. The lowest BCUT2D eigenvalue weighted by molar-refractivity contribution is -0.146. The molecule has 1 aliphatic heterocycles. The van der Waals surface area contributed by atoms with Crippen LogP contribution in [0, 0.1) is 5.92 Å². The van der Waals surface area contributed by atoms with Crippen molar-refractivity contribution in [2.24, 2.45) is 5.92 Å². The van der Waals surface area contributed by atoms with E-state index in [1.165, 1.54) is 6.07 Å². The summed E-state index contributed by atoms with van der Waals surface area (Å²) < 4.78 is 39.2. The first-order chi connectivity index (χ1) is 9.38. The van der Waals surface area contributed by atoms with Gasteiger partial charge in [0.1, 0.15) is 5.82 Å². The number of fused-ring (bicyclic) bond motifs is 1. The van der Waals surface area contributed by atoms with Gasteiger partial charge in [0.25, 0.3) is 5.82 Å². The van der Waals surface area contributed by atoms with Gasteiger partial charge in [0.05, 0.1) is 0 Å². The molecule has 0 bridgehead atoms. The van der Waals surface area contributed by atoms with E-state index in [2.05, 4.69) is 29.1 Å². The lowest BCUT2D eigenvalue weighted by Crippen LogP contribution is -2.30. The lowest BCUT2D eigenvalue weighted by atomic mass is 10.1. The number of hydrogen-bond donors (Lipinski definition) is 0. The zero-order valence-electron chi connectivity index (χ0n) is 11.1. The molecule has 0 spiro atoms. The highest BCUT2D eigenvalue weighted by molar-refractivity contribution is 5.47. The molecular weight excluding hydrogens is 271 g/mol. The minimum absolute atomic E-state index is 0.0981. The van der Waals surface area contributed by atoms with E-state index in [1.54, 1.807) is 6.07 Å². The number of rotatable bonds is 1. The molecule has 1 saturated heterocycles. The van der Waals surface area contributed by atoms with Crippen LogP contribution >= 0.6 is 0 Å². The van der Waals surface area contributed by atoms with Crippen molar-refractivity contribution in [2.45, 2.75) is 32.5 Å². The predicted octanol–water partition coefficient (Wildman–Crippen LogP) is 2.38. The Morgan fingerprint density at radius 1 is 1.20 bits per heavy atom. The quantitative estimate of drug-likeness (QED) is 0.807. The first-order valence-corrected chi connectivity index (χ1v) is 6.44. The van der Waals surface area contributed by atoms with Gasteiger partial charge in [-0.15, -0.1) is 15.3 Å². The maximum atomic E-state index is 12.8. The first-order valence-electron chi connectivity index (χ1n) is 6.44. The van der Waals surface area contributed by atoms with E-state index in [4.69, 9.17) is 0 Å². The summed E-state index contributed by atoms with van der Waals surface area (Å²) in [6.07, 6.45) is -3.55. The molecular formula is C12H14F3N5. The molecule has 20 heavy (non-hydrogen) atoms. The number of hydrogen-bond acceptors (Lipinski definition) is 4. The molecule has 0 radical (unpaired) electrons. The van der Waals surface area contributed by atoms with Crippen molar-refractivity contribution in [1.82, 2.24) is 19.8 Å². The Morgan fingerprint density at radius 3 is 2.55 bits per heavy atom. The van der Waals surface area contributed by atoms with Crippen molar-refractivity contribution >= 4 is 11.5 Å². The third kappa shape index (κ3) is 1.99. The third-order valence-electron chi connectivity index (χ3n) is 3.94. The van der Waals surface area contributed by atoms with Gasteiger partial charge in [-0.1, -0.05) is 6.92 Å². The number of aromatic nitrogens is 4. The molecule has 8 heteroatoms. The average Bonchev–Trinajstić information content (AvgIpc) is 2.93. The van der Waals surface area contributed by atoms with Crippen LogP contribution in [0.4, 0.5) is 19.0 Å². The van der Waals surface area contributed by atoms with Gasteiger partial charge >= 0.3 is 6.18 Å². The molecule has 3 heterocycles. The number of alkyl halides is 3. The van der Waals surface area contributed by atoms with Crippen molar-refractivity contribution in [1.29, 1.82) is 0 Å². The molecule has 1 aliphatic rings. The summed E-state index contributed by atoms with van der Waals surface area (Å²) >= 11 is 0. The zero-order chi connectivity index (χ0) is 14.5. The van der Waals surface area contributed by atoms with Crippen LogP contribution in [-0.4, -0.2) is 32.4 Å². The molecule has 2 unspecified atom stereocenters. The molecule has 0 N–H and O–H groups in total. The van der Waals surface area contributed by atoms with Gasteiger partial charge in [0.2, 0.25) is 0 Å². The van der Waals surface area contributed by atoms with Gasteiger partial charge in [0, 0.05) is 12.6 Å². The van der Waals surface area contributed by atoms with E-state index < -0.39 is 12.0 Å². The third-order valence-corrected chi connectivity index (χ3v) is 3.94. The molecule has 1 fully saturated rings. The molecule has 2 aromatic rings. The van der Waals surface area contributed by atoms with Crippen LogP contribution in [0.25, 0.3) is 5.65 Å². The van der Waals surface area contributed by atoms with E-state index in [9.17, 15) is 13.2 Å². The minimum Gasteiger partial charge on any atom is -0.352 e. The number of nitrogens with zero attached hydrogens (tertiary/aromatic N) is 5. The summed E-state index contributed by atoms with van der Waals surface area (Å²) in [7, 11) is 0. The van der Waals surface area contributed by atoms with E-state index in [0.717, 1.165) is 17.5 Å². The molecule has 108 valence electrons. The van der Waals surface area contributed by atoms with E-state index >= 15 is 0 Å². The van der Waals surface area contributed by atoms with Crippen LogP contribution in [-0.2, 0) is 6.18 Å². The fourth-order valence-electron chi connectivity index (χ4n) is 2.53. The molecule has 5 nitrogen and oxygen atoms in total. The van der Waals surface area contributed by atoms with Crippen LogP contribution in [0.1, 0.15) is 26.1 Å².